The van der Waals surface area contributed by atoms with Gasteiger partial charge in [0.2, 0.25) is 0 Å². The third-order valence-corrected chi connectivity index (χ3v) is 2.84. The lowest BCUT2D eigenvalue weighted by Crippen LogP contribution is -2.16. The van der Waals surface area contributed by atoms with Crippen LogP contribution in [0.2, 0.25) is 0 Å². The standard InChI is InChI=1S/C14H14N6O3/c1-8(7-12(22)16-14-17-19-20-18-14)13(23)15-11-5-3-10(4-6-11)9(2)21/h3-7H,1-2H3,(H,15,23)(H2,16,17,18,19,20,22)/b8-7-. The van der Waals surface area contributed by atoms with Gasteiger partial charge in [-0.3, -0.25) is 19.7 Å². The Morgan fingerprint density at radius 2 is 1.78 bits per heavy atom. The molecule has 0 unspecified atom stereocenters. The second kappa shape index (κ2) is 7.07. The number of Topliss-reactive ketones (excluding diaryl/α,β-unsaturated/α-hetero) is 1. The molecule has 0 saturated heterocycles. The van der Waals surface area contributed by atoms with E-state index in [-0.39, 0.29) is 17.3 Å². The van der Waals surface area contributed by atoms with Crippen LogP contribution in [0.5, 0.6) is 0 Å². The monoisotopic (exact) mass is 314 g/mol. The van der Waals surface area contributed by atoms with Crippen LogP contribution in [0, 0.1) is 0 Å². The van der Waals surface area contributed by atoms with Crippen molar-refractivity contribution in [2.75, 3.05) is 10.6 Å². The van der Waals surface area contributed by atoms with Crippen molar-refractivity contribution in [3.8, 4) is 0 Å². The van der Waals surface area contributed by atoms with Crippen LogP contribution in [0.4, 0.5) is 11.6 Å². The summed E-state index contributed by atoms with van der Waals surface area (Å²) in [5.74, 6) is -1.04. The molecule has 2 rings (SSSR count). The van der Waals surface area contributed by atoms with Crippen LogP contribution < -0.4 is 10.6 Å². The van der Waals surface area contributed by atoms with Gasteiger partial charge in [-0.15, -0.1) is 5.10 Å². The van der Waals surface area contributed by atoms with Crippen LogP contribution in [-0.2, 0) is 9.59 Å². The van der Waals surface area contributed by atoms with Crippen LogP contribution in [0.1, 0.15) is 24.2 Å². The predicted octanol–water partition coefficient (Wildman–Crippen LogP) is 0.926. The molecule has 0 saturated carbocycles. The molecule has 1 aromatic carbocycles. The lowest BCUT2D eigenvalue weighted by Gasteiger charge is -2.06. The first-order valence-corrected chi connectivity index (χ1v) is 6.61. The number of hydrogen-bond donors (Lipinski definition) is 3. The molecule has 2 aromatic rings. The maximum absolute atomic E-state index is 12.0. The highest BCUT2D eigenvalue weighted by Gasteiger charge is 2.09. The van der Waals surface area contributed by atoms with Gasteiger partial charge in [0.1, 0.15) is 0 Å². The number of aromatic nitrogens is 4. The van der Waals surface area contributed by atoms with E-state index in [9.17, 15) is 14.4 Å². The SMILES string of the molecule is CC(=O)c1ccc(NC(=O)/C(C)=C\C(=O)Nc2nn[nH]n2)cc1. The van der Waals surface area contributed by atoms with Gasteiger partial charge >= 0.3 is 0 Å². The molecule has 0 radical (unpaired) electrons. The van der Waals surface area contributed by atoms with Crippen molar-refractivity contribution in [2.24, 2.45) is 0 Å². The number of carbonyl (C=O) groups excluding carboxylic acids is 3. The van der Waals surface area contributed by atoms with E-state index in [0.29, 0.717) is 11.3 Å². The molecule has 0 aliphatic carbocycles. The van der Waals surface area contributed by atoms with Crippen molar-refractivity contribution < 1.29 is 14.4 Å². The summed E-state index contributed by atoms with van der Waals surface area (Å²) in [5, 5.41) is 17.6. The molecule has 3 N–H and O–H groups in total. The Morgan fingerprint density at radius 3 is 2.35 bits per heavy atom. The van der Waals surface area contributed by atoms with Crippen molar-refractivity contribution in [3.05, 3.63) is 41.5 Å². The summed E-state index contributed by atoms with van der Waals surface area (Å²) in [6.07, 6.45) is 1.12. The number of hydrogen-bond acceptors (Lipinski definition) is 6. The topological polar surface area (TPSA) is 130 Å². The van der Waals surface area contributed by atoms with Crippen LogP contribution in [0.3, 0.4) is 0 Å². The molecule has 0 aliphatic heterocycles. The predicted molar refractivity (Wildman–Crippen MR) is 81.6 cm³/mol. The van der Waals surface area contributed by atoms with Gasteiger partial charge in [-0.2, -0.15) is 5.21 Å². The molecule has 0 aliphatic rings. The van der Waals surface area contributed by atoms with E-state index < -0.39 is 11.8 Å². The van der Waals surface area contributed by atoms with E-state index in [4.69, 9.17) is 0 Å². The summed E-state index contributed by atoms with van der Waals surface area (Å²) in [7, 11) is 0. The van der Waals surface area contributed by atoms with Gasteiger partial charge in [-0.25, -0.2) is 0 Å². The summed E-state index contributed by atoms with van der Waals surface area (Å²) in [6.45, 7) is 2.96. The van der Waals surface area contributed by atoms with Crippen LogP contribution >= 0.6 is 0 Å². The smallest absolute Gasteiger partial charge is 0.270 e. The molecule has 0 spiro atoms. The molecule has 0 atom stereocenters. The fraction of sp³-hybridized carbons (Fsp3) is 0.143. The molecule has 2 amide bonds. The number of benzene rings is 1. The van der Waals surface area contributed by atoms with E-state index in [2.05, 4.69) is 31.3 Å². The third-order valence-electron chi connectivity index (χ3n) is 2.84. The van der Waals surface area contributed by atoms with Crippen molar-refractivity contribution in [1.29, 1.82) is 0 Å². The summed E-state index contributed by atoms with van der Waals surface area (Å²) in [5.41, 5.74) is 1.27. The van der Waals surface area contributed by atoms with Gasteiger partial charge < -0.3 is 5.32 Å². The largest absolute Gasteiger partial charge is 0.322 e. The Bertz CT molecular complexity index is 749. The van der Waals surface area contributed by atoms with Crippen molar-refractivity contribution in [1.82, 2.24) is 20.6 Å². The van der Waals surface area contributed by atoms with Crippen molar-refractivity contribution in [2.45, 2.75) is 13.8 Å². The van der Waals surface area contributed by atoms with Gasteiger partial charge in [0, 0.05) is 22.9 Å². The Morgan fingerprint density at radius 1 is 1.09 bits per heavy atom. The minimum atomic E-state index is -0.550. The normalized spacial score (nSPS) is 11.0. The van der Waals surface area contributed by atoms with Gasteiger partial charge in [-0.1, -0.05) is 5.10 Å². The first-order chi connectivity index (χ1) is 11.0. The van der Waals surface area contributed by atoms with Gasteiger partial charge in [0.05, 0.1) is 0 Å². The average Bonchev–Trinajstić information content (AvgIpc) is 3.00. The molecule has 9 nitrogen and oxygen atoms in total. The molecular formula is C14H14N6O3. The summed E-state index contributed by atoms with van der Waals surface area (Å²) < 4.78 is 0. The zero-order valence-electron chi connectivity index (χ0n) is 12.5. The summed E-state index contributed by atoms with van der Waals surface area (Å²) >= 11 is 0. The zero-order chi connectivity index (χ0) is 16.8. The van der Waals surface area contributed by atoms with Gasteiger partial charge in [0.15, 0.2) is 5.78 Å². The number of nitrogens with zero attached hydrogens (tertiary/aromatic N) is 3. The maximum atomic E-state index is 12.0. The number of amides is 2. The van der Waals surface area contributed by atoms with E-state index in [1.54, 1.807) is 24.3 Å². The highest BCUT2D eigenvalue weighted by Crippen LogP contribution is 2.11. The molecule has 23 heavy (non-hydrogen) atoms. The number of H-pyrrole nitrogens is 1. The number of rotatable bonds is 5. The van der Waals surface area contributed by atoms with Crippen molar-refractivity contribution in [3.63, 3.8) is 0 Å². The second-order valence-electron chi connectivity index (χ2n) is 4.64. The molecule has 0 fully saturated rings. The maximum Gasteiger partial charge on any atom is 0.270 e. The molecule has 1 aromatic heterocycles. The fourth-order valence-electron chi connectivity index (χ4n) is 1.64. The summed E-state index contributed by atoms with van der Waals surface area (Å²) in [4.78, 5) is 34.8. The van der Waals surface area contributed by atoms with E-state index in [1.165, 1.54) is 13.8 Å². The quantitative estimate of drug-likeness (QED) is 0.556. The Hall–Kier alpha value is -3.36. The first-order valence-electron chi connectivity index (χ1n) is 6.61. The molecule has 0 bridgehead atoms. The second-order valence-corrected chi connectivity index (χ2v) is 4.64. The Labute approximate surface area is 131 Å². The number of carbonyl (C=O) groups is 3. The number of aromatic amines is 1. The highest BCUT2D eigenvalue weighted by atomic mass is 16.2. The van der Waals surface area contributed by atoms with E-state index >= 15 is 0 Å². The molecule has 1 heterocycles. The van der Waals surface area contributed by atoms with Crippen LogP contribution in [0.25, 0.3) is 0 Å². The number of nitrogens with one attached hydrogen (secondary N) is 3. The lowest BCUT2D eigenvalue weighted by molar-refractivity contribution is -0.114. The summed E-state index contributed by atoms with van der Waals surface area (Å²) in [6, 6.07) is 6.45. The Kier molecular flexibility index (Phi) is 4.92. The minimum Gasteiger partial charge on any atom is -0.322 e. The van der Waals surface area contributed by atoms with Gasteiger partial charge in [-0.05, 0) is 43.3 Å². The van der Waals surface area contributed by atoms with Crippen LogP contribution in [0.15, 0.2) is 35.9 Å². The Balaban J connectivity index is 1.97. The number of tetrazole rings is 1. The minimum absolute atomic E-state index is 0.0132. The molecule has 9 heteroatoms. The number of ketones is 1. The van der Waals surface area contributed by atoms with E-state index in [0.717, 1.165) is 6.08 Å². The average molecular weight is 314 g/mol. The van der Waals surface area contributed by atoms with Crippen LogP contribution in [-0.4, -0.2) is 38.2 Å². The third kappa shape index (κ3) is 4.56. The lowest BCUT2D eigenvalue weighted by atomic mass is 10.1. The molecular weight excluding hydrogens is 300 g/mol. The van der Waals surface area contributed by atoms with E-state index in [1.807, 2.05) is 0 Å². The number of anilines is 2. The van der Waals surface area contributed by atoms with Crippen molar-refractivity contribution >= 4 is 29.2 Å². The zero-order valence-corrected chi connectivity index (χ0v) is 12.5. The van der Waals surface area contributed by atoms with Gasteiger partial charge in [0.25, 0.3) is 17.8 Å². The molecule has 118 valence electrons. The first kappa shape index (κ1) is 16.0. The highest BCUT2D eigenvalue weighted by molar-refractivity contribution is 6.09. The fourth-order valence-corrected chi connectivity index (χ4v) is 1.64.